The number of piperidine rings is 1. The summed E-state index contributed by atoms with van der Waals surface area (Å²) in [5, 5.41) is 7.30. The molecule has 176 valence electrons. The van der Waals surface area contributed by atoms with Gasteiger partial charge in [-0.2, -0.15) is 0 Å². The van der Waals surface area contributed by atoms with Gasteiger partial charge in [-0.3, -0.25) is 9.89 Å². The molecule has 1 aromatic heterocycles. The fourth-order valence-electron chi connectivity index (χ4n) is 5.33. The number of hydrogen-bond acceptors (Lipinski definition) is 5. The Morgan fingerprint density at radius 1 is 1.23 bits per heavy atom. The van der Waals surface area contributed by atoms with Crippen molar-refractivity contribution in [1.29, 1.82) is 0 Å². The highest BCUT2D eigenvalue weighted by Gasteiger charge is 2.53. The van der Waals surface area contributed by atoms with Crippen LogP contribution >= 0.6 is 0 Å². The molecule has 31 heavy (non-hydrogen) atoms. The molecule has 3 rings (SSSR count). The van der Waals surface area contributed by atoms with Crippen LogP contribution < -0.4 is 10.6 Å². The minimum absolute atomic E-state index is 0.218. The van der Waals surface area contributed by atoms with E-state index in [0.717, 1.165) is 75.4 Å². The molecular weight excluding hydrogens is 390 g/mol. The van der Waals surface area contributed by atoms with Crippen LogP contribution in [0.25, 0.3) is 0 Å². The lowest BCUT2D eigenvalue weighted by Crippen LogP contribution is -2.65. The SMILES string of the molecule is CCOC1CC(NC(=NC)NCC2CCN(Cc3nc(C)c(C)o3)CC2)C1(CC)CC. The molecule has 2 aliphatic rings. The molecule has 2 N–H and O–H groups in total. The maximum Gasteiger partial charge on any atom is 0.208 e. The molecule has 0 bridgehead atoms. The summed E-state index contributed by atoms with van der Waals surface area (Å²) in [5.41, 5.74) is 1.22. The van der Waals surface area contributed by atoms with Gasteiger partial charge in [0.05, 0.1) is 18.3 Å². The van der Waals surface area contributed by atoms with Crippen LogP contribution in [0.1, 0.15) is 70.2 Å². The minimum Gasteiger partial charge on any atom is -0.444 e. The van der Waals surface area contributed by atoms with E-state index >= 15 is 0 Å². The molecule has 1 aliphatic carbocycles. The number of guanidine groups is 1. The van der Waals surface area contributed by atoms with Gasteiger partial charge in [0.1, 0.15) is 5.76 Å². The van der Waals surface area contributed by atoms with Crippen molar-refractivity contribution < 1.29 is 9.15 Å². The highest BCUT2D eigenvalue weighted by atomic mass is 16.5. The first-order valence-electron chi connectivity index (χ1n) is 12.2. The Morgan fingerprint density at radius 3 is 2.48 bits per heavy atom. The zero-order valence-electron chi connectivity index (χ0n) is 20.5. The van der Waals surface area contributed by atoms with Crippen molar-refractivity contribution in [2.45, 2.75) is 85.4 Å². The number of aliphatic imine (C=N–C) groups is 1. The molecule has 2 unspecified atom stereocenters. The average Bonchev–Trinajstić information content (AvgIpc) is 3.08. The standard InChI is InChI=1S/C24H43N5O2/c1-7-24(8-2)20(14-21(24)30-9-3)28-23(25-6)26-15-19-10-12-29(13-11-19)16-22-27-17(4)18(5)31-22/h19-21H,7-16H2,1-6H3,(H2,25,26,28). The van der Waals surface area contributed by atoms with Crippen LogP contribution in [0.15, 0.2) is 9.41 Å². The van der Waals surface area contributed by atoms with Gasteiger partial charge in [0.15, 0.2) is 5.96 Å². The molecule has 0 spiro atoms. The number of hydrogen-bond donors (Lipinski definition) is 2. The van der Waals surface area contributed by atoms with Crippen molar-refractivity contribution in [3.8, 4) is 0 Å². The Morgan fingerprint density at radius 2 is 1.94 bits per heavy atom. The van der Waals surface area contributed by atoms with Gasteiger partial charge in [-0.05, 0) is 71.9 Å². The van der Waals surface area contributed by atoms with E-state index in [0.29, 0.717) is 18.1 Å². The molecule has 2 heterocycles. The summed E-state index contributed by atoms with van der Waals surface area (Å²) in [4.78, 5) is 11.5. The van der Waals surface area contributed by atoms with Gasteiger partial charge >= 0.3 is 0 Å². The van der Waals surface area contributed by atoms with Crippen LogP contribution in [0.4, 0.5) is 0 Å². The Bertz CT molecular complexity index is 700. The molecule has 0 aromatic carbocycles. The molecule has 1 aromatic rings. The van der Waals surface area contributed by atoms with Crippen LogP contribution in [0, 0.1) is 25.2 Å². The van der Waals surface area contributed by atoms with E-state index < -0.39 is 0 Å². The molecule has 0 radical (unpaired) electrons. The molecule has 2 fully saturated rings. The molecular formula is C24H43N5O2. The van der Waals surface area contributed by atoms with E-state index in [1.54, 1.807) is 0 Å². The van der Waals surface area contributed by atoms with E-state index in [-0.39, 0.29) is 5.41 Å². The third-order valence-corrected chi connectivity index (χ3v) is 7.70. The van der Waals surface area contributed by atoms with Gasteiger partial charge in [-0.15, -0.1) is 0 Å². The van der Waals surface area contributed by atoms with Crippen LogP contribution in [0.3, 0.4) is 0 Å². The number of aromatic nitrogens is 1. The fraction of sp³-hybridized carbons (Fsp3) is 0.833. The lowest BCUT2D eigenvalue weighted by Gasteiger charge is -2.55. The zero-order valence-corrected chi connectivity index (χ0v) is 20.5. The molecule has 1 saturated carbocycles. The second-order valence-electron chi connectivity index (χ2n) is 9.24. The van der Waals surface area contributed by atoms with Gasteiger partial charge in [-0.25, -0.2) is 4.98 Å². The maximum absolute atomic E-state index is 6.02. The number of nitrogens with one attached hydrogen (secondary N) is 2. The summed E-state index contributed by atoms with van der Waals surface area (Å²) in [6, 6.07) is 0.430. The van der Waals surface area contributed by atoms with Crippen LogP contribution in [-0.4, -0.2) is 61.3 Å². The molecule has 7 nitrogen and oxygen atoms in total. The van der Waals surface area contributed by atoms with E-state index in [9.17, 15) is 0 Å². The van der Waals surface area contributed by atoms with Crippen molar-refractivity contribution in [2.75, 3.05) is 33.3 Å². The zero-order chi connectivity index (χ0) is 22.4. The van der Waals surface area contributed by atoms with Gasteiger partial charge in [0, 0.05) is 31.7 Å². The summed E-state index contributed by atoms with van der Waals surface area (Å²) < 4.78 is 11.8. The Balaban J connectivity index is 1.42. The lowest BCUT2D eigenvalue weighted by atomic mass is 9.58. The van der Waals surface area contributed by atoms with Crippen molar-refractivity contribution >= 4 is 5.96 Å². The predicted molar refractivity (Wildman–Crippen MR) is 125 cm³/mol. The van der Waals surface area contributed by atoms with Gasteiger partial charge < -0.3 is 19.8 Å². The summed E-state index contributed by atoms with van der Waals surface area (Å²) in [5.74, 6) is 3.38. The van der Waals surface area contributed by atoms with Crippen molar-refractivity contribution in [3.63, 3.8) is 0 Å². The Labute approximate surface area is 188 Å². The molecule has 2 atom stereocenters. The maximum atomic E-state index is 6.02. The smallest absolute Gasteiger partial charge is 0.208 e. The summed E-state index contributed by atoms with van der Waals surface area (Å²) >= 11 is 0. The highest BCUT2D eigenvalue weighted by Crippen LogP contribution is 2.48. The van der Waals surface area contributed by atoms with Crippen LogP contribution in [-0.2, 0) is 11.3 Å². The third-order valence-electron chi connectivity index (χ3n) is 7.70. The summed E-state index contributed by atoms with van der Waals surface area (Å²) in [7, 11) is 1.87. The number of oxazole rings is 1. The second-order valence-corrected chi connectivity index (χ2v) is 9.24. The fourth-order valence-corrected chi connectivity index (χ4v) is 5.33. The first-order chi connectivity index (χ1) is 14.9. The summed E-state index contributed by atoms with van der Waals surface area (Å²) in [6.45, 7) is 15.4. The normalized spacial score (nSPS) is 24.8. The average molecular weight is 434 g/mol. The number of nitrogens with zero attached hydrogens (tertiary/aromatic N) is 3. The summed E-state index contributed by atoms with van der Waals surface area (Å²) in [6.07, 6.45) is 6.06. The number of ether oxygens (including phenoxy) is 1. The molecule has 7 heteroatoms. The van der Waals surface area contributed by atoms with Gasteiger partial charge in [0.25, 0.3) is 0 Å². The largest absolute Gasteiger partial charge is 0.444 e. The predicted octanol–water partition coefficient (Wildman–Crippen LogP) is 3.65. The third kappa shape index (κ3) is 5.43. The van der Waals surface area contributed by atoms with Crippen molar-refractivity contribution in [2.24, 2.45) is 16.3 Å². The Hall–Kier alpha value is -1.60. The number of rotatable bonds is 9. The molecule has 1 aliphatic heterocycles. The molecule has 1 saturated heterocycles. The van der Waals surface area contributed by atoms with Crippen molar-refractivity contribution in [3.05, 3.63) is 17.3 Å². The van der Waals surface area contributed by atoms with E-state index in [1.165, 1.54) is 12.8 Å². The quantitative estimate of drug-likeness (QED) is 0.457. The van der Waals surface area contributed by atoms with E-state index in [1.807, 2.05) is 20.9 Å². The number of likely N-dealkylation sites (tertiary alicyclic amines) is 1. The minimum atomic E-state index is 0.218. The van der Waals surface area contributed by atoms with E-state index in [2.05, 4.69) is 46.3 Å². The second kappa shape index (κ2) is 10.8. The van der Waals surface area contributed by atoms with Gasteiger partial charge in [0.2, 0.25) is 5.89 Å². The Kier molecular flexibility index (Phi) is 8.39. The molecule has 0 amide bonds. The van der Waals surface area contributed by atoms with Gasteiger partial charge in [-0.1, -0.05) is 13.8 Å². The topological polar surface area (TPSA) is 74.9 Å². The van der Waals surface area contributed by atoms with E-state index in [4.69, 9.17) is 9.15 Å². The van der Waals surface area contributed by atoms with Crippen LogP contribution in [0.2, 0.25) is 0 Å². The van der Waals surface area contributed by atoms with Crippen molar-refractivity contribution in [1.82, 2.24) is 20.5 Å². The highest BCUT2D eigenvalue weighted by molar-refractivity contribution is 5.80. The van der Waals surface area contributed by atoms with Crippen LogP contribution in [0.5, 0.6) is 0 Å². The monoisotopic (exact) mass is 433 g/mol. The first-order valence-corrected chi connectivity index (χ1v) is 12.2. The lowest BCUT2D eigenvalue weighted by molar-refractivity contribution is -0.133. The number of aryl methyl sites for hydroxylation is 2. The first kappa shape index (κ1) is 24.1.